The van der Waals surface area contributed by atoms with Gasteiger partial charge in [0, 0.05) is 26.3 Å². The zero-order valence-electron chi connectivity index (χ0n) is 17.7. The van der Waals surface area contributed by atoms with Gasteiger partial charge in [0.15, 0.2) is 5.82 Å². The molecule has 1 aromatic carbocycles. The maximum Gasteiger partial charge on any atom is 0.163 e. The number of unbranched alkanes of at least 4 members (excludes halogenated alkanes) is 1. The van der Waals surface area contributed by atoms with Crippen molar-refractivity contribution in [2.24, 2.45) is 7.05 Å². The van der Waals surface area contributed by atoms with E-state index < -0.39 is 0 Å². The Morgan fingerprint density at radius 2 is 1.87 bits per heavy atom. The molecule has 30 heavy (non-hydrogen) atoms. The van der Waals surface area contributed by atoms with E-state index in [0.717, 1.165) is 69.8 Å². The van der Waals surface area contributed by atoms with E-state index in [1.165, 1.54) is 5.56 Å². The fourth-order valence-electron chi connectivity index (χ4n) is 3.13. The van der Waals surface area contributed by atoms with Crippen molar-refractivity contribution in [1.82, 2.24) is 24.4 Å². The molecule has 1 aromatic rings. The summed E-state index contributed by atoms with van der Waals surface area (Å²) in [7, 11) is 3.99. The Bertz CT molecular complexity index is 964. The standard InChI is InChI=1S/C22H27Br2N5O/c1-15(2)28(3)9-8-16-11-17(23)21(18(24)12-16)30-10-6-5-7-19-20-22(26-13-25-20)29(4)14-27-19/h11-14H,1,5-10H2,2-4H3. The average Bonchev–Trinajstić information content (AvgIpc) is 3.20. The van der Waals surface area contributed by atoms with E-state index >= 15 is 0 Å². The van der Waals surface area contributed by atoms with E-state index in [1.807, 2.05) is 18.5 Å². The highest BCUT2D eigenvalue weighted by Crippen LogP contribution is 2.35. The molecule has 8 heteroatoms. The second-order valence-electron chi connectivity index (χ2n) is 7.45. The van der Waals surface area contributed by atoms with Crippen molar-refractivity contribution < 1.29 is 4.74 Å². The van der Waals surface area contributed by atoms with E-state index in [4.69, 9.17) is 4.74 Å². The number of hydrogen-bond acceptors (Lipinski definition) is 5. The summed E-state index contributed by atoms with van der Waals surface area (Å²) in [4.78, 5) is 15.3. The highest BCUT2D eigenvalue weighted by atomic mass is 79.9. The highest BCUT2D eigenvalue weighted by Gasteiger charge is 2.15. The van der Waals surface area contributed by atoms with Gasteiger partial charge in [-0.25, -0.2) is 15.0 Å². The summed E-state index contributed by atoms with van der Waals surface area (Å²) in [6, 6.07) is 4.26. The number of ether oxygens (including phenoxy) is 1. The maximum atomic E-state index is 6.05. The summed E-state index contributed by atoms with van der Waals surface area (Å²) < 4.78 is 9.88. The number of hydrogen-bond donors (Lipinski definition) is 0. The van der Waals surface area contributed by atoms with Gasteiger partial charge in [-0.1, -0.05) is 6.58 Å². The Morgan fingerprint density at radius 3 is 2.57 bits per heavy atom. The lowest BCUT2D eigenvalue weighted by molar-refractivity contribution is 0.303. The predicted octanol–water partition coefficient (Wildman–Crippen LogP) is 5.25. The van der Waals surface area contributed by atoms with Crippen molar-refractivity contribution in [2.75, 3.05) is 20.2 Å². The van der Waals surface area contributed by atoms with Gasteiger partial charge in [-0.3, -0.25) is 0 Å². The topological polar surface area (TPSA) is 56.1 Å². The molecule has 2 aliphatic rings. The van der Waals surface area contributed by atoms with Crippen LogP contribution in [0.25, 0.3) is 11.5 Å². The predicted molar refractivity (Wildman–Crippen MR) is 127 cm³/mol. The summed E-state index contributed by atoms with van der Waals surface area (Å²) in [6.07, 6.45) is 7.10. The molecule has 0 atom stereocenters. The summed E-state index contributed by atoms with van der Waals surface area (Å²) in [5.41, 5.74) is 4.20. The van der Waals surface area contributed by atoms with Gasteiger partial charge in [0.1, 0.15) is 17.8 Å². The molecule has 2 aliphatic heterocycles. The second kappa shape index (κ2) is 10.4. The minimum Gasteiger partial charge on any atom is -0.491 e. The van der Waals surface area contributed by atoms with Gasteiger partial charge in [0.2, 0.25) is 0 Å². The lowest BCUT2D eigenvalue weighted by Crippen LogP contribution is -2.18. The molecule has 0 aromatic heterocycles. The van der Waals surface area contributed by atoms with Crippen LogP contribution in [0.2, 0.25) is 0 Å². The van der Waals surface area contributed by atoms with E-state index in [2.05, 4.69) is 77.5 Å². The van der Waals surface area contributed by atoms with Gasteiger partial charge in [0.25, 0.3) is 0 Å². The Labute approximate surface area is 195 Å². The Balaban J connectivity index is 1.49. The number of fused-ring (bicyclic) bond motifs is 1. The van der Waals surface area contributed by atoms with E-state index in [0.29, 0.717) is 6.61 Å². The van der Waals surface area contributed by atoms with Crippen LogP contribution < -0.4 is 4.74 Å². The summed E-state index contributed by atoms with van der Waals surface area (Å²) >= 11 is 7.31. The molecule has 0 amide bonds. The molecule has 0 N–H and O–H groups in total. The summed E-state index contributed by atoms with van der Waals surface area (Å²) in [5.74, 6) is 1.72. The zero-order chi connectivity index (χ0) is 21.7. The molecule has 6 nitrogen and oxygen atoms in total. The highest BCUT2D eigenvalue weighted by molar-refractivity contribution is 9.11. The fourth-order valence-corrected chi connectivity index (χ4v) is 4.64. The van der Waals surface area contributed by atoms with Gasteiger partial charge in [-0.2, -0.15) is 0 Å². The summed E-state index contributed by atoms with van der Waals surface area (Å²) in [5, 5.41) is 0. The number of nitrogens with zero attached hydrogens (tertiary/aromatic N) is 5. The largest absolute Gasteiger partial charge is 0.491 e. The number of rotatable bonds is 10. The zero-order valence-corrected chi connectivity index (χ0v) is 20.8. The van der Waals surface area contributed by atoms with Gasteiger partial charge in [-0.05, 0) is 82.2 Å². The first-order valence-corrected chi connectivity index (χ1v) is 11.5. The normalized spacial score (nSPS) is 11.1. The van der Waals surface area contributed by atoms with Gasteiger partial charge in [0.05, 0.1) is 27.6 Å². The van der Waals surface area contributed by atoms with Crippen LogP contribution in [-0.2, 0) is 19.9 Å². The molecule has 0 spiro atoms. The van der Waals surface area contributed by atoms with Crippen LogP contribution in [0.15, 0.2) is 46.0 Å². The number of benzene rings is 1. The second-order valence-corrected chi connectivity index (χ2v) is 9.16. The van der Waals surface area contributed by atoms with Crippen molar-refractivity contribution in [3.63, 3.8) is 0 Å². The number of aromatic nitrogens is 4. The molecule has 0 saturated carbocycles. The number of likely N-dealkylation sites (N-methyl/N-ethyl adjacent to an activating group) is 1. The fraction of sp³-hybridized carbons (Fsp3) is 0.409. The Hall–Kier alpha value is -1.93. The molecule has 0 saturated heterocycles. The van der Waals surface area contributed by atoms with Crippen LogP contribution >= 0.6 is 31.9 Å². The number of halogens is 2. The maximum absolute atomic E-state index is 6.05. The molecule has 2 heterocycles. The first-order chi connectivity index (χ1) is 14.4. The van der Waals surface area contributed by atoms with Crippen molar-refractivity contribution in [3.05, 3.63) is 57.3 Å². The van der Waals surface area contributed by atoms with Crippen molar-refractivity contribution in [1.29, 1.82) is 0 Å². The lowest BCUT2D eigenvalue weighted by Gasteiger charge is -2.19. The quantitative estimate of drug-likeness (QED) is 0.331. The van der Waals surface area contributed by atoms with E-state index in [9.17, 15) is 0 Å². The molecule has 160 valence electrons. The van der Waals surface area contributed by atoms with Crippen molar-refractivity contribution >= 4 is 31.9 Å². The van der Waals surface area contributed by atoms with Crippen LogP contribution in [-0.4, -0.2) is 44.6 Å². The Kier molecular flexibility index (Phi) is 7.88. The molecule has 0 aliphatic carbocycles. The molecule has 0 radical (unpaired) electrons. The van der Waals surface area contributed by atoms with Crippen molar-refractivity contribution in [3.8, 4) is 17.3 Å². The van der Waals surface area contributed by atoms with Crippen LogP contribution in [0.4, 0.5) is 0 Å². The average molecular weight is 537 g/mol. The molecular formula is C22H27Br2N5O. The monoisotopic (exact) mass is 535 g/mol. The minimum atomic E-state index is 0.644. The third-order valence-corrected chi connectivity index (χ3v) is 6.25. The first kappa shape index (κ1) is 22.7. The van der Waals surface area contributed by atoms with Crippen LogP contribution in [0, 0.1) is 0 Å². The molecule has 0 bridgehead atoms. The van der Waals surface area contributed by atoms with Crippen LogP contribution in [0.1, 0.15) is 31.0 Å². The third-order valence-electron chi connectivity index (χ3n) is 5.07. The van der Waals surface area contributed by atoms with Gasteiger partial charge in [-0.15, -0.1) is 0 Å². The summed E-state index contributed by atoms with van der Waals surface area (Å²) in [6.45, 7) is 7.57. The third kappa shape index (κ3) is 5.60. The van der Waals surface area contributed by atoms with Crippen LogP contribution in [0.5, 0.6) is 5.75 Å². The number of imidazole rings is 1. The smallest absolute Gasteiger partial charge is 0.163 e. The van der Waals surface area contributed by atoms with Gasteiger partial charge < -0.3 is 14.2 Å². The molecule has 3 rings (SSSR count). The lowest BCUT2D eigenvalue weighted by atomic mass is 10.1. The molecule has 0 unspecified atom stereocenters. The molecular weight excluding hydrogens is 510 g/mol. The number of allylic oxidation sites excluding steroid dienone is 1. The van der Waals surface area contributed by atoms with Crippen molar-refractivity contribution in [2.45, 2.75) is 32.6 Å². The van der Waals surface area contributed by atoms with E-state index in [-0.39, 0.29) is 0 Å². The number of aryl methyl sites for hydroxylation is 2. The SMILES string of the molecule is C=C(C)N(C)CCc1cc(Br)c(OCCCCc2ncn(C)c3ncnc2-3)c(Br)c1. The van der Waals surface area contributed by atoms with Gasteiger partial charge >= 0.3 is 0 Å². The van der Waals surface area contributed by atoms with Crippen LogP contribution in [0.3, 0.4) is 0 Å². The molecule has 0 fully saturated rings. The Morgan fingerprint density at radius 1 is 1.13 bits per heavy atom. The van der Waals surface area contributed by atoms with E-state index in [1.54, 1.807) is 12.7 Å². The first-order valence-electron chi connectivity index (χ1n) is 9.95. The minimum absolute atomic E-state index is 0.644.